The summed E-state index contributed by atoms with van der Waals surface area (Å²) in [5, 5.41) is 19.1. The van der Waals surface area contributed by atoms with Gasteiger partial charge in [-0.15, -0.1) is 0 Å². The number of rotatable bonds is 2. The van der Waals surface area contributed by atoms with Crippen LogP contribution in [0.25, 0.3) is 5.69 Å². The Kier molecular flexibility index (Phi) is 3.35. The van der Waals surface area contributed by atoms with Crippen LogP contribution in [-0.4, -0.2) is 9.67 Å². The zero-order chi connectivity index (χ0) is 15.0. The van der Waals surface area contributed by atoms with Crippen LogP contribution in [0.1, 0.15) is 43.2 Å². The first-order chi connectivity index (χ1) is 10.00. The second-order valence-corrected chi connectivity index (χ2v) is 6.65. The van der Waals surface area contributed by atoms with Crippen LogP contribution >= 0.6 is 0 Å². The fourth-order valence-electron chi connectivity index (χ4n) is 3.24. The highest BCUT2D eigenvalue weighted by molar-refractivity contribution is 5.42. The first-order valence-electron chi connectivity index (χ1n) is 7.35. The summed E-state index contributed by atoms with van der Waals surface area (Å²) in [6.45, 7) is 4.40. The topological polar surface area (TPSA) is 49.0 Å². The maximum atomic E-state index is 10.3. The fraction of sp³-hybridized carbons (Fsp3) is 0.389. The maximum absolute atomic E-state index is 10.3. The third-order valence-corrected chi connectivity index (χ3v) is 4.28. The summed E-state index contributed by atoms with van der Waals surface area (Å²) >= 11 is 0. The lowest BCUT2D eigenvalue weighted by molar-refractivity contribution is 0.0987. The first kappa shape index (κ1) is 13.9. The average molecular weight is 280 g/mol. The van der Waals surface area contributed by atoms with Gasteiger partial charge in [-0.3, -0.25) is 0 Å². The van der Waals surface area contributed by atoms with Crippen molar-refractivity contribution in [2.75, 3.05) is 0 Å². The monoisotopic (exact) mass is 280 g/mol. The molecule has 0 saturated heterocycles. The number of aliphatic hydroxyl groups excluding tert-OH is 1. The second kappa shape index (κ2) is 5.05. The van der Waals surface area contributed by atoms with Gasteiger partial charge in [-0.25, -0.2) is 0 Å². The maximum Gasteiger partial charge on any atom is 0.0812 e. The quantitative estimate of drug-likeness (QED) is 0.914. The van der Waals surface area contributed by atoms with Crippen LogP contribution in [-0.2, 0) is 12.8 Å². The molecule has 1 aromatic heterocycles. The van der Waals surface area contributed by atoms with Crippen LogP contribution < -0.4 is 0 Å². The molecule has 1 unspecified atom stereocenters. The number of nitriles is 1. The lowest BCUT2D eigenvalue weighted by Gasteiger charge is -2.34. The summed E-state index contributed by atoms with van der Waals surface area (Å²) in [5.41, 5.74) is 4.48. The van der Waals surface area contributed by atoms with Gasteiger partial charge in [-0.05, 0) is 42.0 Å². The van der Waals surface area contributed by atoms with E-state index in [1.165, 1.54) is 5.69 Å². The number of fused-ring (bicyclic) bond motifs is 1. The minimum atomic E-state index is -0.372. The molecular weight excluding hydrogens is 260 g/mol. The zero-order valence-electron chi connectivity index (χ0n) is 12.5. The van der Waals surface area contributed by atoms with Crippen LogP contribution in [0.5, 0.6) is 0 Å². The van der Waals surface area contributed by atoms with Gasteiger partial charge in [0.25, 0.3) is 0 Å². The van der Waals surface area contributed by atoms with Crippen molar-refractivity contribution in [1.29, 1.82) is 5.26 Å². The number of aliphatic hydroxyl groups is 1. The normalized spacial score (nSPS) is 19.8. The minimum absolute atomic E-state index is 0.114. The number of nitrogens with zero attached hydrogens (tertiary/aromatic N) is 2. The van der Waals surface area contributed by atoms with E-state index < -0.39 is 0 Å². The molecule has 1 atom stereocenters. The van der Waals surface area contributed by atoms with Gasteiger partial charge in [0.15, 0.2) is 0 Å². The largest absolute Gasteiger partial charge is 0.388 e. The standard InChI is InChI=1S/C18H20N2O/c1-18(2)11-16-15(17(21)12-18)8-10-20(16)14-5-3-13(4-6-14)7-9-19/h3-6,8,10,17,21H,7,11-12H2,1-2H3. The van der Waals surface area contributed by atoms with Gasteiger partial charge < -0.3 is 9.67 Å². The molecule has 3 heteroatoms. The number of benzene rings is 1. The third kappa shape index (κ3) is 2.59. The summed E-state index contributed by atoms with van der Waals surface area (Å²) < 4.78 is 2.16. The first-order valence-corrected chi connectivity index (χ1v) is 7.35. The van der Waals surface area contributed by atoms with Crippen LogP contribution in [0, 0.1) is 16.7 Å². The molecule has 0 amide bonds. The van der Waals surface area contributed by atoms with E-state index in [9.17, 15) is 5.11 Å². The number of hydrogen-bond acceptors (Lipinski definition) is 2. The van der Waals surface area contributed by atoms with Gasteiger partial charge >= 0.3 is 0 Å². The van der Waals surface area contributed by atoms with Gasteiger partial charge in [0.2, 0.25) is 0 Å². The van der Waals surface area contributed by atoms with Crippen molar-refractivity contribution in [1.82, 2.24) is 4.57 Å². The highest BCUT2D eigenvalue weighted by Crippen LogP contribution is 2.41. The molecule has 0 radical (unpaired) electrons. The van der Waals surface area contributed by atoms with E-state index in [-0.39, 0.29) is 11.5 Å². The summed E-state index contributed by atoms with van der Waals surface area (Å²) in [5.74, 6) is 0. The SMILES string of the molecule is CC1(C)Cc2c(ccn2-c2ccc(CC#N)cc2)C(O)C1. The molecule has 0 spiro atoms. The van der Waals surface area contributed by atoms with Crippen LogP contribution in [0.2, 0.25) is 0 Å². The summed E-state index contributed by atoms with van der Waals surface area (Å²) in [4.78, 5) is 0. The fourth-order valence-corrected chi connectivity index (χ4v) is 3.24. The van der Waals surface area contributed by atoms with Gasteiger partial charge in [-0.1, -0.05) is 26.0 Å². The molecule has 3 nitrogen and oxygen atoms in total. The zero-order valence-corrected chi connectivity index (χ0v) is 12.5. The molecule has 1 N–H and O–H groups in total. The van der Waals surface area contributed by atoms with Gasteiger partial charge in [0.05, 0.1) is 18.6 Å². The van der Waals surface area contributed by atoms with Crippen LogP contribution in [0.15, 0.2) is 36.5 Å². The van der Waals surface area contributed by atoms with E-state index in [1.807, 2.05) is 36.5 Å². The van der Waals surface area contributed by atoms with E-state index >= 15 is 0 Å². The smallest absolute Gasteiger partial charge is 0.0812 e. The Labute approximate surface area is 125 Å². The predicted molar refractivity (Wildman–Crippen MR) is 82.1 cm³/mol. The molecule has 0 fully saturated rings. The molecular formula is C18H20N2O. The van der Waals surface area contributed by atoms with E-state index in [0.717, 1.165) is 29.7 Å². The summed E-state index contributed by atoms with van der Waals surface area (Å²) in [7, 11) is 0. The van der Waals surface area contributed by atoms with Crippen molar-refractivity contribution in [2.24, 2.45) is 5.41 Å². The van der Waals surface area contributed by atoms with Crippen molar-refractivity contribution in [2.45, 2.75) is 39.2 Å². The summed E-state index contributed by atoms with van der Waals surface area (Å²) in [6.07, 6.45) is 3.88. The molecule has 1 heterocycles. The van der Waals surface area contributed by atoms with Crippen LogP contribution in [0.4, 0.5) is 0 Å². The Morgan fingerprint density at radius 1 is 1.29 bits per heavy atom. The average Bonchev–Trinajstić information content (AvgIpc) is 2.82. The van der Waals surface area contributed by atoms with Crippen molar-refractivity contribution in [3.63, 3.8) is 0 Å². The molecule has 1 aliphatic rings. The van der Waals surface area contributed by atoms with Gasteiger partial charge in [0.1, 0.15) is 0 Å². The summed E-state index contributed by atoms with van der Waals surface area (Å²) in [6, 6.07) is 12.3. The van der Waals surface area contributed by atoms with E-state index in [0.29, 0.717) is 6.42 Å². The molecule has 1 aromatic carbocycles. The van der Waals surface area contributed by atoms with Crippen LogP contribution in [0.3, 0.4) is 0 Å². The molecule has 0 aliphatic heterocycles. The predicted octanol–water partition coefficient (Wildman–Crippen LogP) is 3.55. The molecule has 0 saturated carbocycles. The Morgan fingerprint density at radius 3 is 2.67 bits per heavy atom. The highest BCUT2D eigenvalue weighted by atomic mass is 16.3. The Hall–Kier alpha value is -2.05. The highest BCUT2D eigenvalue weighted by Gasteiger charge is 2.33. The van der Waals surface area contributed by atoms with E-state index in [4.69, 9.17) is 5.26 Å². The molecule has 1 aliphatic carbocycles. The molecule has 21 heavy (non-hydrogen) atoms. The Balaban J connectivity index is 1.99. The molecule has 0 bridgehead atoms. The van der Waals surface area contributed by atoms with Crippen molar-refractivity contribution in [3.8, 4) is 11.8 Å². The van der Waals surface area contributed by atoms with E-state index in [1.54, 1.807) is 0 Å². The number of aromatic nitrogens is 1. The van der Waals surface area contributed by atoms with Crippen molar-refractivity contribution in [3.05, 3.63) is 53.3 Å². The van der Waals surface area contributed by atoms with Crippen molar-refractivity contribution < 1.29 is 5.11 Å². The minimum Gasteiger partial charge on any atom is -0.388 e. The lowest BCUT2D eigenvalue weighted by Crippen LogP contribution is -2.26. The molecule has 3 rings (SSSR count). The second-order valence-electron chi connectivity index (χ2n) is 6.65. The molecule has 2 aromatic rings. The van der Waals surface area contributed by atoms with Crippen molar-refractivity contribution >= 4 is 0 Å². The van der Waals surface area contributed by atoms with E-state index in [2.05, 4.69) is 24.5 Å². The van der Waals surface area contributed by atoms with Gasteiger partial charge in [-0.2, -0.15) is 5.26 Å². The molecule has 108 valence electrons. The lowest BCUT2D eigenvalue weighted by atomic mass is 9.75. The Morgan fingerprint density at radius 2 is 2.00 bits per heavy atom. The van der Waals surface area contributed by atoms with Gasteiger partial charge in [0, 0.05) is 23.1 Å². The third-order valence-electron chi connectivity index (χ3n) is 4.28. The number of hydrogen-bond donors (Lipinski definition) is 1. The Bertz CT molecular complexity index is 689.